The first-order valence-electron chi connectivity index (χ1n) is 6.21. The Hall–Kier alpha value is -1.98. The fourth-order valence-corrected chi connectivity index (χ4v) is 1.25. The van der Waals surface area contributed by atoms with Crippen molar-refractivity contribution < 1.29 is 14.3 Å². The Morgan fingerprint density at radius 1 is 1.32 bits per heavy atom. The van der Waals surface area contributed by atoms with Crippen LogP contribution < -0.4 is 5.32 Å². The molecule has 0 aliphatic rings. The molecule has 1 amide bonds. The summed E-state index contributed by atoms with van der Waals surface area (Å²) in [6.45, 7) is 6.19. The van der Waals surface area contributed by atoms with E-state index in [0.29, 0.717) is 18.2 Å². The van der Waals surface area contributed by atoms with Crippen LogP contribution in [0.2, 0.25) is 0 Å². The zero-order valence-electron chi connectivity index (χ0n) is 11.5. The van der Waals surface area contributed by atoms with E-state index in [2.05, 4.69) is 29.1 Å². The standard InChI is InChI=1S/C13H19N3O3/c1-9(2)4-5-14-12(17)8-19-13(18)11-7-15-10(3)6-16-11/h6-7,9H,4-5,8H2,1-3H3,(H,14,17). The number of aryl methyl sites for hydroxylation is 1. The molecule has 1 rings (SSSR count). The van der Waals surface area contributed by atoms with Crippen molar-refractivity contribution >= 4 is 11.9 Å². The quantitative estimate of drug-likeness (QED) is 0.779. The molecule has 0 atom stereocenters. The number of nitrogens with one attached hydrogen (secondary N) is 1. The van der Waals surface area contributed by atoms with Gasteiger partial charge in [0.25, 0.3) is 5.91 Å². The summed E-state index contributed by atoms with van der Waals surface area (Å²) in [4.78, 5) is 30.7. The second-order valence-electron chi connectivity index (χ2n) is 4.65. The van der Waals surface area contributed by atoms with Gasteiger partial charge in [-0.1, -0.05) is 13.8 Å². The Morgan fingerprint density at radius 3 is 2.63 bits per heavy atom. The van der Waals surface area contributed by atoms with Crippen molar-refractivity contribution in [2.45, 2.75) is 27.2 Å². The number of carbonyl (C=O) groups excluding carboxylic acids is 2. The molecule has 0 aromatic carbocycles. The number of hydrogen-bond acceptors (Lipinski definition) is 5. The smallest absolute Gasteiger partial charge is 0.359 e. The zero-order chi connectivity index (χ0) is 14.3. The summed E-state index contributed by atoms with van der Waals surface area (Å²) in [6, 6.07) is 0. The van der Waals surface area contributed by atoms with Crippen LogP contribution in [0.3, 0.4) is 0 Å². The first kappa shape index (κ1) is 15.1. The lowest BCUT2D eigenvalue weighted by Crippen LogP contribution is -2.30. The predicted octanol–water partition coefficient (Wildman–Crippen LogP) is 1.10. The molecule has 1 aromatic rings. The number of rotatable bonds is 6. The van der Waals surface area contributed by atoms with Crippen molar-refractivity contribution in [3.63, 3.8) is 0 Å². The van der Waals surface area contributed by atoms with Crippen LogP contribution in [0.25, 0.3) is 0 Å². The van der Waals surface area contributed by atoms with E-state index in [0.717, 1.165) is 6.42 Å². The summed E-state index contributed by atoms with van der Waals surface area (Å²) in [5.41, 5.74) is 0.809. The van der Waals surface area contributed by atoms with E-state index < -0.39 is 5.97 Å². The van der Waals surface area contributed by atoms with E-state index >= 15 is 0 Å². The van der Waals surface area contributed by atoms with Crippen molar-refractivity contribution in [1.82, 2.24) is 15.3 Å². The van der Waals surface area contributed by atoms with E-state index in [1.54, 1.807) is 6.92 Å². The molecule has 19 heavy (non-hydrogen) atoms. The van der Waals surface area contributed by atoms with E-state index in [1.165, 1.54) is 12.4 Å². The van der Waals surface area contributed by atoms with Crippen LogP contribution in [-0.2, 0) is 9.53 Å². The highest BCUT2D eigenvalue weighted by atomic mass is 16.5. The minimum absolute atomic E-state index is 0.0978. The van der Waals surface area contributed by atoms with Crippen LogP contribution >= 0.6 is 0 Å². The molecule has 6 nitrogen and oxygen atoms in total. The van der Waals surface area contributed by atoms with Crippen LogP contribution in [0.1, 0.15) is 36.5 Å². The number of hydrogen-bond donors (Lipinski definition) is 1. The molecule has 0 bridgehead atoms. The Bertz CT molecular complexity index is 429. The second kappa shape index (κ2) is 7.45. The zero-order valence-corrected chi connectivity index (χ0v) is 11.5. The second-order valence-corrected chi connectivity index (χ2v) is 4.65. The van der Waals surface area contributed by atoms with Crippen LogP contribution in [0.5, 0.6) is 0 Å². The molecular formula is C13H19N3O3. The predicted molar refractivity (Wildman–Crippen MR) is 69.5 cm³/mol. The molecule has 6 heteroatoms. The van der Waals surface area contributed by atoms with Crippen molar-refractivity contribution in [2.75, 3.05) is 13.2 Å². The van der Waals surface area contributed by atoms with Gasteiger partial charge < -0.3 is 10.1 Å². The third kappa shape index (κ3) is 5.94. The van der Waals surface area contributed by atoms with Gasteiger partial charge in [0.2, 0.25) is 0 Å². The monoisotopic (exact) mass is 265 g/mol. The molecule has 0 spiro atoms. The number of nitrogens with zero attached hydrogens (tertiary/aromatic N) is 2. The van der Waals surface area contributed by atoms with Gasteiger partial charge in [-0.25, -0.2) is 9.78 Å². The Morgan fingerprint density at radius 2 is 2.05 bits per heavy atom. The first-order valence-corrected chi connectivity index (χ1v) is 6.21. The lowest BCUT2D eigenvalue weighted by atomic mass is 10.1. The van der Waals surface area contributed by atoms with Gasteiger partial charge in [-0.3, -0.25) is 9.78 Å². The van der Waals surface area contributed by atoms with Gasteiger partial charge in [0.15, 0.2) is 12.3 Å². The molecule has 0 radical (unpaired) electrons. The van der Waals surface area contributed by atoms with Crippen LogP contribution in [0, 0.1) is 12.8 Å². The van der Waals surface area contributed by atoms with Crippen molar-refractivity contribution in [3.8, 4) is 0 Å². The molecule has 0 saturated carbocycles. The molecule has 0 unspecified atom stereocenters. The van der Waals surface area contributed by atoms with Crippen LogP contribution in [0.4, 0.5) is 0 Å². The number of aromatic nitrogens is 2. The van der Waals surface area contributed by atoms with Crippen LogP contribution in [-0.4, -0.2) is 35.0 Å². The molecule has 0 fully saturated rings. The number of amides is 1. The maximum Gasteiger partial charge on any atom is 0.359 e. The summed E-state index contributed by atoms with van der Waals surface area (Å²) < 4.78 is 4.83. The fraction of sp³-hybridized carbons (Fsp3) is 0.538. The fourth-order valence-electron chi connectivity index (χ4n) is 1.25. The molecule has 0 saturated heterocycles. The van der Waals surface area contributed by atoms with Gasteiger partial charge in [0.1, 0.15) is 0 Å². The molecule has 0 aliphatic carbocycles. The Balaban J connectivity index is 2.30. The molecule has 1 N–H and O–H groups in total. The summed E-state index contributed by atoms with van der Waals surface area (Å²) >= 11 is 0. The van der Waals surface area contributed by atoms with Crippen LogP contribution in [0.15, 0.2) is 12.4 Å². The van der Waals surface area contributed by atoms with Gasteiger partial charge in [-0.05, 0) is 19.3 Å². The van der Waals surface area contributed by atoms with Crippen molar-refractivity contribution in [2.24, 2.45) is 5.92 Å². The maximum absolute atomic E-state index is 11.5. The van der Waals surface area contributed by atoms with E-state index in [4.69, 9.17) is 4.74 Å². The third-order valence-corrected chi connectivity index (χ3v) is 2.37. The largest absolute Gasteiger partial charge is 0.451 e. The van der Waals surface area contributed by atoms with Gasteiger partial charge in [-0.15, -0.1) is 0 Å². The molecule has 104 valence electrons. The van der Waals surface area contributed by atoms with Gasteiger partial charge in [0, 0.05) is 12.7 Å². The van der Waals surface area contributed by atoms with E-state index in [-0.39, 0.29) is 18.2 Å². The SMILES string of the molecule is Cc1cnc(C(=O)OCC(=O)NCCC(C)C)cn1. The summed E-state index contributed by atoms with van der Waals surface area (Å²) in [5, 5.41) is 2.68. The highest BCUT2D eigenvalue weighted by Gasteiger charge is 2.11. The van der Waals surface area contributed by atoms with Gasteiger partial charge in [-0.2, -0.15) is 0 Å². The Kier molecular flexibility index (Phi) is 5.92. The molecular weight excluding hydrogens is 246 g/mol. The molecule has 0 aliphatic heterocycles. The topological polar surface area (TPSA) is 81.2 Å². The van der Waals surface area contributed by atoms with E-state index in [1.807, 2.05) is 0 Å². The first-order chi connectivity index (χ1) is 8.99. The summed E-state index contributed by atoms with van der Waals surface area (Å²) in [7, 11) is 0. The van der Waals surface area contributed by atoms with E-state index in [9.17, 15) is 9.59 Å². The lowest BCUT2D eigenvalue weighted by Gasteiger charge is -2.07. The van der Waals surface area contributed by atoms with Gasteiger partial charge in [0.05, 0.1) is 11.9 Å². The van der Waals surface area contributed by atoms with Crippen molar-refractivity contribution in [1.29, 1.82) is 0 Å². The number of esters is 1. The highest BCUT2D eigenvalue weighted by molar-refractivity contribution is 5.89. The number of ether oxygens (including phenoxy) is 1. The summed E-state index contributed by atoms with van der Waals surface area (Å²) in [5.74, 6) is -0.439. The van der Waals surface area contributed by atoms with Gasteiger partial charge >= 0.3 is 5.97 Å². The van der Waals surface area contributed by atoms with Crippen molar-refractivity contribution in [3.05, 3.63) is 23.8 Å². The Labute approximate surface area is 112 Å². The average Bonchev–Trinajstić information content (AvgIpc) is 2.36. The lowest BCUT2D eigenvalue weighted by molar-refractivity contribution is -0.124. The summed E-state index contributed by atoms with van der Waals surface area (Å²) in [6.07, 6.45) is 3.69. The third-order valence-electron chi connectivity index (χ3n) is 2.37. The normalized spacial score (nSPS) is 10.3. The molecule has 1 aromatic heterocycles. The number of carbonyl (C=O) groups is 2. The minimum atomic E-state index is -0.647. The highest BCUT2D eigenvalue weighted by Crippen LogP contribution is 1.98. The average molecular weight is 265 g/mol. The molecule has 1 heterocycles. The maximum atomic E-state index is 11.5. The minimum Gasteiger partial charge on any atom is -0.451 e.